The number of aromatic nitrogens is 3. The molecule has 3 rings (SSSR count). The van der Waals surface area contributed by atoms with Crippen molar-refractivity contribution < 1.29 is 13.2 Å². The molecule has 120 valence electrons. The van der Waals surface area contributed by atoms with Crippen molar-refractivity contribution in [3.63, 3.8) is 0 Å². The van der Waals surface area contributed by atoms with Gasteiger partial charge in [0.25, 0.3) is 0 Å². The van der Waals surface area contributed by atoms with Gasteiger partial charge < -0.3 is 0 Å². The normalized spacial score (nSPS) is 11.2. The zero-order chi connectivity index (χ0) is 17.2. The largest absolute Gasteiger partial charge is 0.435 e. The molecule has 4 nitrogen and oxygen atoms in total. The summed E-state index contributed by atoms with van der Waals surface area (Å²) in [6.45, 7) is -0.182. The lowest BCUT2D eigenvalue weighted by Crippen LogP contribution is -2.16. The van der Waals surface area contributed by atoms with Crippen LogP contribution in [0.2, 0.25) is 0 Å². The van der Waals surface area contributed by atoms with Crippen LogP contribution in [0.3, 0.4) is 0 Å². The van der Waals surface area contributed by atoms with Gasteiger partial charge in [-0.25, -0.2) is 4.68 Å². The third-order valence-electron chi connectivity index (χ3n) is 3.51. The van der Waals surface area contributed by atoms with Gasteiger partial charge in [-0.1, -0.05) is 53.7 Å². The van der Waals surface area contributed by atoms with E-state index in [1.807, 2.05) is 6.07 Å². The van der Waals surface area contributed by atoms with E-state index in [0.717, 1.165) is 4.68 Å². The highest BCUT2D eigenvalue weighted by molar-refractivity contribution is 5.61. The predicted octanol–water partition coefficient (Wildman–Crippen LogP) is 3.88. The van der Waals surface area contributed by atoms with Gasteiger partial charge in [-0.2, -0.15) is 18.4 Å². The van der Waals surface area contributed by atoms with Gasteiger partial charge in [-0.15, -0.1) is 5.10 Å². The molecule has 7 heteroatoms. The molecule has 0 aliphatic heterocycles. The number of nitriles is 1. The average molecular weight is 328 g/mol. The van der Waals surface area contributed by atoms with E-state index >= 15 is 0 Å². The number of alkyl halides is 3. The molecule has 0 fully saturated rings. The number of benzene rings is 2. The minimum absolute atomic E-state index is 0.182. The van der Waals surface area contributed by atoms with E-state index in [1.165, 1.54) is 0 Å². The maximum atomic E-state index is 13.5. The molecular weight excluding hydrogens is 317 g/mol. The van der Waals surface area contributed by atoms with Gasteiger partial charge in [0, 0.05) is 5.56 Å². The van der Waals surface area contributed by atoms with Crippen molar-refractivity contribution in [1.29, 1.82) is 5.26 Å². The molecule has 0 saturated heterocycles. The topological polar surface area (TPSA) is 54.5 Å². The van der Waals surface area contributed by atoms with Gasteiger partial charge in [0.1, 0.15) is 5.69 Å². The van der Waals surface area contributed by atoms with E-state index in [4.69, 9.17) is 5.26 Å². The quantitative estimate of drug-likeness (QED) is 0.733. The highest BCUT2D eigenvalue weighted by Gasteiger charge is 2.39. The average Bonchev–Trinajstić information content (AvgIpc) is 3.00. The smallest absolute Gasteiger partial charge is 0.235 e. The third-order valence-corrected chi connectivity index (χ3v) is 3.51. The summed E-state index contributed by atoms with van der Waals surface area (Å²) >= 11 is 0. The zero-order valence-corrected chi connectivity index (χ0v) is 12.3. The second-order valence-electron chi connectivity index (χ2n) is 5.08. The molecule has 0 radical (unpaired) electrons. The summed E-state index contributed by atoms with van der Waals surface area (Å²) in [5.41, 5.74) is -0.0546. The number of hydrogen-bond donors (Lipinski definition) is 0. The van der Waals surface area contributed by atoms with Crippen LogP contribution >= 0.6 is 0 Å². The number of halogens is 3. The highest BCUT2D eigenvalue weighted by Crippen LogP contribution is 2.36. The van der Waals surface area contributed by atoms with Gasteiger partial charge in [-0.05, 0) is 11.6 Å². The zero-order valence-electron chi connectivity index (χ0n) is 12.3. The van der Waals surface area contributed by atoms with Crippen molar-refractivity contribution in [2.24, 2.45) is 0 Å². The van der Waals surface area contributed by atoms with Crippen LogP contribution in [0.5, 0.6) is 0 Å². The Morgan fingerprint density at radius 3 is 2.33 bits per heavy atom. The molecule has 3 aromatic rings. The lowest BCUT2D eigenvalue weighted by Gasteiger charge is -2.12. The highest BCUT2D eigenvalue weighted by atomic mass is 19.4. The van der Waals surface area contributed by atoms with E-state index in [9.17, 15) is 13.2 Å². The monoisotopic (exact) mass is 328 g/mol. The van der Waals surface area contributed by atoms with E-state index < -0.39 is 11.9 Å². The molecule has 0 amide bonds. The number of nitrogens with zero attached hydrogens (tertiary/aromatic N) is 4. The Bertz CT molecular complexity index is 892. The Morgan fingerprint density at radius 2 is 1.67 bits per heavy atom. The van der Waals surface area contributed by atoms with E-state index in [-0.39, 0.29) is 12.2 Å². The van der Waals surface area contributed by atoms with Crippen LogP contribution in [0.4, 0.5) is 13.2 Å². The van der Waals surface area contributed by atoms with Crippen molar-refractivity contribution in [2.75, 3.05) is 0 Å². The first kappa shape index (κ1) is 15.7. The van der Waals surface area contributed by atoms with E-state index in [0.29, 0.717) is 16.7 Å². The van der Waals surface area contributed by atoms with Crippen LogP contribution in [-0.2, 0) is 12.7 Å². The van der Waals surface area contributed by atoms with Crippen LogP contribution < -0.4 is 0 Å². The maximum absolute atomic E-state index is 13.5. The Labute approximate surface area is 135 Å². The molecule has 0 spiro atoms. The molecule has 0 saturated carbocycles. The molecule has 0 atom stereocenters. The SMILES string of the molecule is N#Cc1ccccc1Cn1nnc(-c2ccccc2)c1C(F)(F)F. The maximum Gasteiger partial charge on any atom is 0.435 e. The number of rotatable bonds is 3. The summed E-state index contributed by atoms with van der Waals surface area (Å²) in [4.78, 5) is 0. The van der Waals surface area contributed by atoms with Crippen molar-refractivity contribution >= 4 is 0 Å². The molecule has 0 bridgehead atoms. The van der Waals surface area contributed by atoms with E-state index in [1.54, 1.807) is 54.6 Å². The van der Waals surface area contributed by atoms with Crippen molar-refractivity contribution in [3.05, 3.63) is 71.4 Å². The van der Waals surface area contributed by atoms with Gasteiger partial charge in [0.05, 0.1) is 18.2 Å². The van der Waals surface area contributed by atoms with Crippen LogP contribution in [0, 0.1) is 11.3 Å². The lowest BCUT2D eigenvalue weighted by atomic mass is 10.1. The first-order chi connectivity index (χ1) is 11.5. The molecule has 1 heterocycles. The summed E-state index contributed by atoms with van der Waals surface area (Å²) < 4.78 is 41.4. The molecule has 0 N–H and O–H groups in total. The molecule has 0 unspecified atom stereocenters. The minimum Gasteiger partial charge on any atom is -0.235 e. The first-order valence-corrected chi connectivity index (χ1v) is 7.05. The predicted molar refractivity (Wildman–Crippen MR) is 80.7 cm³/mol. The Morgan fingerprint density at radius 1 is 1.00 bits per heavy atom. The van der Waals surface area contributed by atoms with Crippen molar-refractivity contribution in [1.82, 2.24) is 15.0 Å². The molecule has 0 aliphatic carbocycles. The second kappa shape index (κ2) is 6.16. The molecule has 1 aromatic heterocycles. The van der Waals surface area contributed by atoms with Gasteiger partial charge in [0.2, 0.25) is 0 Å². The summed E-state index contributed by atoms with van der Waals surface area (Å²) in [7, 11) is 0. The summed E-state index contributed by atoms with van der Waals surface area (Å²) in [6, 6.07) is 16.5. The summed E-state index contributed by atoms with van der Waals surface area (Å²) in [6.07, 6.45) is -4.61. The fraction of sp³-hybridized carbons (Fsp3) is 0.118. The standard InChI is InChI=1S/C17H11F3N4/c18-17(19,20)16-15(12-6-2-1-3-7-12)22-23-24(16)11-14-9-5-4-8-13(14)10-21/h1-9H,11H2. The molecule has 2 aromatic carbocycles. The molecule has 24 heavy (non-hydrogen) atoms. The fourth-order valence-corrected chi connectivity index (χ4v) is 2.42. The molecular formula is C17H11F3N4. The Kier molecular flexibility index (Phi) is 4.04. The van der Waals surface area contributed by atoms with Crippen LogP contribution in [0.15, 0.2) is 54.6 Å². The fourth-order valence-electron chi connectivity index (χ4n) is 2.42. The lowest BCUT2D eigenvalue weighted by molar-refractivity contribution is -0.143. The van der Waals surface area contributed by atoms with Gasteiger partial charge >= 0.3 is 6.18 Å². The summed E-state index contributed by atoms with van der Waals surface area (Å²) in [5, 5.41) is 16.5. The van der Waals surface area contributed by atoms with Gasteiger partial charge in [0.15, 0.2) is 5.69 Å². The van der Waals surface area contributed by atoms with Crippen molar-refractivity contribution in [3.8, 4) is 17.3 Å². The number of hydrogen-bond acceptors (Lipinski definition) is 3. The van der Waals surface area contributed by atoms with Crippen LogP contribution in [0.1, 0.15) is 16.8 Å². The first-order valence-electron chi connectivity index (χ1n) is 7.05. The van der Waals surface area contributed by atoms with Crippen LogP contribution in [-0.4, -0.2) is 15.0 Å². The molecule has 0 aliphatic rings. The second-order valence-corrected chi connectivity index (χ2v) is 5.08. The summed E-state index contributed by atoms with van der Waals surface area (Å²) in [5.74, 6) is 0. The van der Waals surface area contributed by atoms with Crippen LogP contribution in [0.25, 0.3) is 11.3 Å². The Hall–Kier alpha value is -3.14. The van der Waals surface area contributed by atoms with Crippen molar-refractivity contribution in [2.45, 2.75) is 12.7 Å². The van der Waals surface area contributed by atoms with E-state index in [2.05, 4.69) is 10.3 Å². The Balaban J connectivity index is 2.10. The van der Waals surface area contributed by atoms with Gasteiger partial charge in [-0.3, -0.25) is 0 Å². The third kappa shape index (κ3) is 2.99. The minimum atomic E-state index is -4.61.